The number of rotatable bonds is 2. The van der Waals surface area contributed by atoms with E-state index in [2.05, 4.69) is 0 Å². The molecule has 2 aromatic rings. The highest BCUT2D eigenvalue weighted by Crippen LogP contribution is 2.33. The number of ether oxygens (including phenoxy) is 1. The number of benzene rings is 2. The third-order valence-corrected chi connectivity index (χ3v) is 2.62. The third-order valence-electron chi connectivity index (χ3n) is 2.62. The van der Waals surface area contributed by atoms with Gasteiger partial charge in [-0.2, -0.15) is 0 Å². The van der Waals surface area contributed by atoms with E-state index in [0.29, 0.717) is 11.3 Å². The largest absolute Gasteiger partial charge is 0.496 e. The van der Waals surface area contributed by atoms with Crippen molar-refractivity contribution < 1.29 is 13.5 Å². The number of methoxy groups -OCH3 is 1. The number of hydrogen-bond donors (Lipinski definition) is 0. The van der Waals surface area contributed by atoms with Gasteiger partial charge in [-0.1, -0.05) is 29.8 Å². The van der Waals surface area contributed by atoms with Crippen molar-refractivity contribution in [2.45, 2.75) is 6.92 Å². The molecule has 17 heavy (non-hydrogen) atoms. The molecule has 2 rings (SSSR count). The molecule has 0 radical (unpaired) electrons. The second-order valence-electron chi connectivity index (χ2n) is 3.80. The first kappa shape index (κ1) is 11.6. The Bertz CT molecular complexity index is 533. The Labute approximate surface area is 98.7 Å². The average molecular weight is 234 g/mol. The molecule has 2 aromatic carbocycles. The van der Waals surface area contributed by atoms with E-state index in [-0.39, 0.29) is 5.56 Å². The zero-order valence-electron chi connectivity index (χ0n) is 9.63. The molecular formula is C14H12F2O. The summed E-state index contributed by atoms with van der Waals surface area (Å²) in [4.78, 5) is 0. The van der Waals surface area contributed by atoms with E-state index in [0.717, 1.165) is 11.6 Å². The van der Waals surface area contributed by atoms with Crippen LogP contribution in [0.4, 0.5) is 8.78 Å². The van der Waals surface area contributed by atoms with Crippen molar-refractivity contribution in [3.63, 3.8) is 0 Å². The van der Waals surface area contributed by atoms with E-state index < -0.39 is 11.6 Å². The Morgan fingerprint density at radius 1 is 0.941 bits per heavy atom. The monoisotopic (exact) mass is 234 g/mol. The maximum Gasteiger partial charge on any atom is 0.170 e. The van der Waals surface area contributed by atoms with Crippen molar-refractivity contribution in [3.8, 4) is 16.9 Å². The van der Waals surface area contributed by atoms with E-state index >= 15 is 0 Å². The summed E-state index contributed by atoms with van der Waals surface area (Å²) >= 11 is 0. The summed E-state index contributed by atoms with van der Waals surface area (Å²) in [6, 6.07) is 9.67. The predicted molar refractivity (Wildman–Crippen MR) is 63.1 cm³/mol. The Morgan fingerprint density at radius 3 is 2.18 bits per heavy atom. The predicted octanol–water partition coefficient (Wildman–Crippen LogP) is 3.95. The van der Waals surface area contributed by atoms with Gasteiger partial charge in [0.15, 0.2) is 11.6 Å². The zero-order chi connectivity index (χ0) is 12.4. The van der Waals surface area contributed by atoms with Gasteiger partial charge in [-0.25, -0.2) is 8.78 Å². The average Bonchev–Trinajstić information content (AvgIpc) is 2.34. The Balaban J connectivity index is 2.64. The maximum atomic E-state index is 13.8. The van der Waals surface area contributed by atoms with Gasteiger partial charge in [-0.15, -0.1) is 0 Å². The van der Waals surface area contributed by atoms with E-state index in [9.17, 15) is 8.78 Å². The molecule has 0 atom stereocenters. The summed E-state index contributed by atoms with van der Waals surface area (Å²) in [6.45, 7) is 1.93. The third kappa shape index (κ3) is 2.13. The molecule has 0 aliphatic carbocycles. The van der Waals surface area contributed by atoms with Crippen molar-refractivity contribution in [3.05, 3.63) is 53.6 Å². The SMILES string of the molecule is COc1ccc(F)c(F)c1-c1ccc(C)cc1. The van der Waals surface area contributed by atoms with Crippen molar-refractivity contribution in [2.24, 2.45) is 0 Å². The van der Waals surface area contributed by atoms with Crippen molar-refractivity contribution in [1.29, 1.82) is 0 Å². The molecule has 0 saturated carbocycles. The van der Waals surface area contributed by atoms with E-state index in [1.165, 1.54) is 13.2 Å². The number of hydrogen-bond acceptors (Lipinski definition) is 1. The summed E-state index contributed by atoms with van der Waals surface area (Å²) < 4.78 is 32.1. The minimum Gasteiger partial charge on any atom is -0.496 e. The molecule has 0 aliphatic heterocycles. The van der Waals surface area contributed by atoms with Gasteiger partial charge in [0.1, 0.15) is 5.75 Å². The first-order valence-corrected chi connectivity index (χ1v) is 5.22. The minimum absolute atomic E-state index is 0.160. The number of halogens is 2. The van der Waals surface area contributed by atoms with Gasteiger partial charge >= 0.3 is 0 Å². The molecule has 0 saturated heterocycles. The Morgan fingerprint density at radius 2 is 1.59 bits per heavy atom. The molecule has 0 fully saturated rings. The fraction of sp³-hybridized carbons (Fsp3) is 0.143. The highest BCUT2D eigenvalue weighted by atomic mass is 19.2. The van der Waals surface area contributed by atoms with Gasteiger partial charge in [0, 0.05) is 0 Å². The van der Waals surface area contributed by atoms with Crippen LogP contribution in [0, 0.1) is 18.6 Å². The molecule has 0 unspecified atom stereocenters. The lowest BCUT2D eigenvalue weighted by Crippen LogP contribution is -1.95. The molecule has 0 bridgehead atoms. The van der Waals surface area contributed by atoms with Crippen LogP contribution >= 0.6 is 0 Å². The van der Waals surface area contributed by atoms with Crippen LogP contribution in [0.15, 0.2) is 36.4 Å². The molecule has 1 nitrogen and oxygen atoms in total. The second-order valence-corrected chi connectivity index (χ2v) is 3.80. The van der Waals surface area contributed by atoms with Crippen molar-refractivity contribution >= 4 is 0 Å². The van der Waals surface area contributed by atoms with Crippen LogP contribution in [0.1, 0.15) is 5.56 Å². The van der Waals surface area contributed by atoms with Gasteiger partial charge in [0.05, 0.1) is 12.7 Å². The zero-order valence-corrected chi connectivity index (χ0v) is 9.63. The van der Waals surface area contributed by atoms with E-state index in [1.54, 1.807) is 12.1 Å². The smallest absolute Gasteiger partial charge is 0.170 e. The fourth-order valence-corrected chi connectivity index (χ4v) is 1.69. The highest BCUT2D eigenvalue weighted by molar-refractivity contribution is 5.71. The molecule has 0 N–H and O–H groups in total. The summed E-state index contributed by atoms with van der Waals surface area (Å²) in [5, 5.41) is 0. The van der Waals surface area contributed by atoms with Crippen LogP contribution in [0.2, 0.25) is 0 Å². The van der Waals surface area contributed by atoms with E-state index in [1.807, 2.05) is 19.1 Å². The summed E-state index contributed by atoms with van der Waals surface area (Å²) in [5.41, 5.74) is 1.82. The molecular weight excluding hydrogens is 222 g/mol. The Hall–Kier alpha value is -1.90. The molecule has 0 heterocycles. The second kappa shape index (κ2) is 4.53. The topological polar surface area (TPSA) is 9.23 Å². The summed E-state index contributed by atoms with van der Waals surface area (Å²) in [7, 11) is 1.43. The standard InChI is InChI=1S/C14H12F2O/c1-9-3-5-10(6-4-9)13-12(17-2)8-7-11(15)14(13)16/h3-8H,1-2H3. The number of aryl methyl sites for hydroxylation is 1. The van der Waals surface area contributed by atoms with Crippen molar-refractivity contribution in [1.82, 2.24) is 0 Å². The van der Waals surface area contributed by atoms with Gasteiger partial charge in [0.25, 0.3) is 0 Å². The highest BCUT2D eigenvalue weighted by Gasteiger charge is 2.15. The minimum atomic E-state index is -0.881. The summed E-state index contributed by atoms with van der Waals surface area (Å²) in [5.74, 6) is -1.43. The van der Waals surface area contributed by atoms with Crippen LogP contribution in [0.25, 0.3) is 11.1 Å². The summed E-state index contributed by atoms with van der Waals surface area (Å²) in [6.07, 6.45) is 0. The lowest BCUT2D eigenvalue weighted by Gasteiger charge is -2.10. The van der Waals surface area contributed by atoms with Crippen molar-refractivity contribution in [2.75, 3.05) is 7.11 Å². The van der Waals surface area contributed by atoms with Crippen LogP contribution in [-0.4, -0.2) is 7.11 Å². The van der Waals surface area contributed by atoms with E-state index in [4.69, 9.17) is 4.74 Å². The lowest BCUT2D eigenvalue weighted by atomic mass is 10.0. The first-order chi connectivity index (χ1) is 8.13. The van der Waals surface area contributed by atoms with Gasteiger partial charge in [-0.3, -0.25) is 0 Å². The Kier molecular flexibility index (Phi) is 3.09. The molecule has 88 valence electrons. The maximum absolute atomic E-state index is 13.8. The normalized spacial score (nSPS) is 10.4. The van der Waals surface area contributed by atoms with Crippen LogP contribution in [0.3, 0.4) is 0 Å². The molecule has 0 spiro atoms. The quantitative estimate of drug-likeness (QED) is 0.764. The lowest BCUT2D eigenvalue weighted by molar-refractivity contribution is 0.409. The molecule has 3 heteroatoms. The van der Waals surface area contributed by atoms with Gasteiger partial charge < -0.3 is 4.74 Å². The fourth-order valence-electron chi connectivity index (χ4n) is 1.69. The molecule has 0 aromatic heterocycles. The van der Waals surface area contributed by atoms with Gasteiger partial charge in [0.2, 0.25) is 0 Å². The van der Waals surface area contributed by atoms with Crippen LogP contribution < -0.4 is 4.74 Å². The van der Waals surface area contributed by atoms with Gasteiger partial charge in [-0.05, 0) is 24.6 Å². The van der Waals surface area contributed by atoms with Crippen LogP contribution in [-0.2, 0) is 0 Å². The molecule has 0 amide bonds. The van der Waals surface area contributed by atoms with Crippen LogP contribution in [0.5, 0.6) is 5.75 Å². The first-order valence-electron chi connectivity index (χ1n) is 5.22. The molecule has 0 aliphatic rings.